The van der Waals surface area contributed by atoms with Crippen molar-refractivity contribution < 1.29 is 13.9 Å². The van der Waals surface area contributed by atoms with Crippen LogP contribution < -0.4 is 14.8 Å². The van der Waals surface area contributed by atoms with Crippen LogP contribution in [0.1, 0.15) is 30.2 Å². The summed E-state index contributed by atoms with van der Waals surface area (Å²) in [6, 6.07) is -0.0432. The molecule has 2 aromatic rings. The smallest absolute Gasteiger partial charge is 0.224 e. The van der Waals surface area contributed by atoms with E-state index in [2.05, 4.69) is 20.3 Å². The highest BCUT2D eigenvalue weighted by atomic mass is 16.5. The van der Waals surface area contributed by atoms with E-state index in [1.165, 1.54) is 6.33 Å². The number of rotatable bonds is 6. The molecule has 0 bridgehead atoms. The number of aromatic nitrogens is 3. The van der Waals surface area contributed by atoms with Gasteiger partial charge in [-0.3, -0.25) is 0 Å². The van der Waals surface area contributed by atoms with Gasteiger partial charge in [0, 0.05) is 6.54 Å². The summed E-state index contributed by atoms with van der Waals surface area (Å²) in [4.78, 5) is 12.3. The van der Waals surface area contributed by atoms with Crippen molar-refractivity contribution in [1.82, 2.24) is 20.3 Å². The molecule has 1 unspecified atom stereocenters. The Hall–Kier alpha value is -2.15. The third-order valence-corrected chi connectivity index (χ3v) is 2.85. The zero-order chi connectivity index (χ0) is 14.5. The van der Waals surface area contributed by atoms with Crippen LogP contribution in [-0.4, -0.2) is 29.2 Å². The van der Waals surface area contributed by atoms with Crippen LogP contribution in [-0.2, 0) is 6.54 Å². The second-order valence-corrected chi connectivity index (χ2v) is 4.28. The molecule has 0 saturated carbocycles. The molecule has 0 fully saturated rings. The zero-order valence-corrected chi connectivity index (χ0v) is 12.0. The predicted octanol–water partition coefficient (Wildman–Crippen LogP) is 1.64. The number of aryl methyl sites for hydroxylation is 1. The summed E-state index contributed by atoms with van der Waals surface area (Å²) in [7, 11) is 3.12. The van der Waals surface area contributed by atoms with Gasteiger partial charge in [-0.25, -0.2) is 15.0 Å². The van der Waals surface area contributed by atoms with Crippen molar-refractivity contribution in [3.63, 3.8) is 0 Å². The molecule has 7 nitrogen and oxygen atoms in total. The van der Waals surface area contributed by atoms with Gasteiger partial charge in [0.15, 0.2) is 0 Å². The molecular formula is C13H18N4O3. The molecule has 0 amide bonds. The third-order valence-electron chi connectivity index (χ3n) is 2.85. The van der Waals surface area contributed by atoms with E-state index in [1.54, 1.807) is 20.4 Å². The Morgan fingerprint density at radius 2 is 1.85 bits per heavy atom. The Kier molecular flexibility index (Phi) is 4.52. The first-order chi connectivity index (χ1) is 9.65. The molecule has 1 N–H and O–H groups in total. The van der Waals surface area contributed by atoms with E-state index in [9.17, 15) is 0 Å². The summed E-state index contributed by atoms with van der Waals surface area (Å²) in [6.45, 7) is 4.31. The van der Waals surface area contributed by atoms with Crippen molar-refractivity contribution >= 4 is 0 Å². The van der Waals surface area contributed by atoms with Crippen molar-refractivity contribution in [1.29, 1.82) is 0 Å². The highest BCUT2D eigenvalue weighted by molar-refractivity contribution is 5.34. The Morgan fingerprint density at radius 1 is 1.20 bits per heavy atom. The van der Waals surface area contributed by atoms with Gasteiger partial charge < -0.3 is 19.2 Å². The summed E-state index contributed by atoms with van der Waals surface area (Å²) >= 11 is 0. The molecule has 0 saturated heterocycles. The highest BCUT2D eigenvalue weighted by Crippen LogP contribution is 2.24. The number of nitrogens with one attached hydrogen (secondary N) is 1. The van der Waals surface area contributed by atoms with Crippen LogP contribution in [0.4, 0.5) is 0 Å². The normalized spacial score (nSPS) is 12.2. The fraction of sp³-hybridized carbons (Fsp3) is 0.462. The SMILES string of the molecule is COc1ncnc(OC)c1CNC(C)c1ncc(C)o1. The fourth-order valence-corrected chi connectivity index (χ4v) is 1.80. The number of oxazole rings is 1. The van der Waals surface area contributed by atoms with Gasteiger partial charge in [0.05, 0.1) is 32.0 Å². The van der Waals surface area contributed by atoms with Crippen LogP contribution in [0.15, 0.2) is 16.9 Å². The van der Waals surface area contributed by atoms with E-state index in [0.717, 1.165) is 11.3 Å². The molecule has 0 aliphatic heterocycles. The Labute approximate surface area is 117 Å². The third kappa shape index (κ3) is 3.05. The molecule has 2 heterocycles. The average Bonchev–Trinajstić information content (AvgIpc) is 2.90. The van der Waals surface area contributed by atoms with E-state index in [-0.39, 0.29) is 6.04 Å². The largest absolute Gasteiger partial charge is 0.481 e. The van der Waals surface area contributed by atoms with E-state index < -0.39 is 0 Å². The molecule has 108 valence electrons. The molecule has 0 spiro atoms. The maximum absolute atomic E-state index is 5.48. The van der Waals surface area contributed by atoms with E-state index in [0.29, 0.717) is 24.2 Å². The van der Waals surface area contributed by atoms with Crippen molar-refractivity contribution in [2.24, 2.45) is 0 Å². The summed E-state index contributed by atoms with van der Waals surface area (Å²) < 4.78 is 15.9. The Morgan fingerprint density at radius 3 is 2.35 bits per heavy atom. The summed E-state index contributed by atoms with van der Waals surface area (Å²) in [5.74, 6) is 2.39. The lowest BCUT2D eigenvalue weighted by molar-refractivity contribution is 0.351. The predicted molar refractivity (Wildman–Crippen MR) is 71.6 cm³/mol. The van der Waals surface area contributed by atoms with Gasteiger partial charge in [-0.2, -0.15) is 0 Å². The lowest BCUT2D eigenvalue weighted by Gasteiger charge is -2.14. The molecule has 1 atom stereocenters. The molecule has 0 aromatic carbocycles. The zero-order valence-electron chi connectivity index (χ0n) is 12.0. The number of hydrogen-bond acceptors (Lipinski definition) is 7. The number of methoxy groups -OCH3 is 2. The molecule has 0 aliphatic carbocycles. The molecular weight excluding hydrogens is 260 g/mol. The van der Waals surface area contributed by atoms with Crippen molar-refractivity contribution in [3.8, 4) is 11.8 Å². The van der Waals surface area contributed by atoms with Crippen LogP contribution in [0.5, 0.6) is 11.8 Å². The van der Waals surface area contributed by atoms with Crippen LogP contribution >= 0.6 is 0 Å². The van der Waals surface area contributed by atoms with E-state index in [1.807, 2.05) is 13.8 Å². The minimum absolute atomic E-state index is 0.0432. The number of ether oxygens (including phenoxy) is 2. The van der Waals surface area contributed by atoms with Crippen molar-refractivity contribution in [2.75, 3.05) is 14.2 Å². The highest BCUT2D eigenvalue weighted by Gasteiger charge is 2.16. The first-order valence-corrected chi connectivity index (χ1v) is 6.23. The summed E-state index contributed by atoms with van der Waals surface area (Å²) in [5.41, 5.74) is 0.757. The summed E-state index contributed by atoms with van der Waals surface area (Å²) in [6.07, 6.45) is 3.10. The number of hydrogen-bond donors (Lipinski definition) is 1. The molecule has 2 aromatic heterocycles. The van der Waals surface area contributed by atoms with E-state index >= 15 is 0 Å². The van der Waals surface area contributed by atoms with Gasteiger partial charge in [-0.15, -0.1) is 0 Å². The first-order valence-electron chi connectivity index (χ1n) is 6.23. The van der Waals surface area contributed by atoms with Crippen LogP contribution in [0.25, 0.3) is 0 Å². The van der Waals surface area contributed by atoms with Gasteiger partial charge in [-0.1, -0.05) is 0 Å². The molecule has 2 rings (SSSR count). The lowest BCUT2D eigenvalue weighted by atomic mass is 10.2. The minimum atomic E-state index is -0.0432. The van der Waals surface area contributed by atoms with Crippen LogP contribution in [0.2, 0.25) is 0 Å². The van der Waals surface area contributed by atoms with E-state index in [4.69, 9.17) is 13.9 Å². The molecule has 0 radical (unpaired) electrons. The molecule has 0 aliphatic rings. The number of nitrogens with zero attached hydrogens (tertiary/aromatic N) is 3. The standard InChI is InChI=1S/C13H18N4O3/c1-8-5-15-11(20-8)9(2)14-6-10-12(18-3)16-7-17-13(10)19-4/h5,7,9,14H,6H2,1-4H3. The van der Waals surface area contributed by atoms with Gasteiger partial charge in [-0.05, 0) is 13.8 Å². The van der Waals surface area contributed by atoms with Gasteiger partial charge in [0.1, 0.15) is 12.1 Å². The first kappa shape index (κ1) is 14.3. The Balaban J connectivity index is 2.10. The Bertz CT molecular complexity index is 548. The summed E-state index contributed by atoms with van der Waals surface area (Å²) in [5, 5.41) is 3.28. The van der Waals surface area contributed by atoms with Crippen LogP contribution in [0.3, 0.4) is 0 Å². The van der Waals surface area contributed by atoms with Crippen LogP contribution in [0, 0.1) is 6.92 Å². The molecule has 7 heteroatoms. The maximum atomic E-state index is 5.48. The quantitative estimate of drug-likeness (QED) is 0.860. The van der Waals surface area contributed by atoms with Gasteiger partial charge in [0.2, 0.25) is 17.7 Å². The molecule has 20 heavy (non-hydrogen) atoms. The second-order valence-electron chi connectivity index (χ2n) is 4.28. The van der Waals surface area contributed by atoms with Gasteiger partial charge in [0.25, 0.3) is 0 Å². The topological polar surface area (TPSA) is 82.3 Å². The average molecular weight is 278 g/mol. The lowest BCUT2D eigenvalue weighted by Crippen LogP contribution is -2.19. The van der Waals surface area contributed by atoms with Gasteiger partial charge >= 0.3 is 0 Å². The minimum Gasteiger partial charge on any atom is -0.481 e. The van der Waals surface area contributed by atoms with Crippen molar-refractivity contribution in [2.45, 2.75) is 26.4 Å². The monoisotopic (exact) mass is 278 g/mol. The second kappa shape index (κ2) is 6.33. The maximum Gasteiger partial charge on any atom is 0.224 e. The fourth-order valence-electron chi connectivity index (χ4n) is 1.80. The van der Waals surface area contributed by atoms with Crippen molar-refractivity contribution in [3.05, 3.63) is 29.7 Å².